The van der Waals surface area contributed by atoms with Crippen LogP contribution >= 0.6 is 0 Å². The number of aryl methyl sites for hydroxylation is 1. The summed E-state index contributed by atoms with van der Waals surface area (Å²) in [6, 6.07) is 7.52. The van der Waals surface area contributed by atoms with Crippen molar-refractivity contribution in [1.29, 1.82) is 0 Å². The monoisotopic (exact) mass is 287 g/mol. The van der Waals surface area contributed by atoms with Gasteiger partial charge in [0.05, 0.1) is 6.61 Å². The van der Waals surface area contributed by atoms with E-state index >= 15 is 0 Å². The first-order chi connectivity index (χ1) is 10.4. The van der Waals surface area contributed by atoms with Crippen LogP contribution < -0.4 is 10.1 Å². The van der Waals surface area contributed by atoms with Crippen LogP contribution in [0, 0.1) is 5.92 Å². The number of hydrogen-bond acceptors (Lipinski definition) is 2. The molecule has 1 heterocycles. The van der Waals surface area contributed by atoms with Crippen molar-refractivity contribution < 1.29 is 4.74 Å². The summed E-state index contributed by atoms with van der Waals surface area (Å²) in [4.78, 5) is 0. The molecule has 0 radical (unpaired) electrons. The topological polar surface area (TPSA) is 21.3 Å². The summed E-state index contributed by atoms with van der Waals surface area (Å²) in [7, 11) is 0. The van der Waals surface area contributed by atoms with Crippen LogP contribution in [0.25, 0.3) is 0 Å². The number of fused-ring (bicyclic) bond motifs is 1. The van der Waals surface area contributed by atoms with Gasteiger partial charge in [0.2, 0.25) is 0 Å². The van der Waals surface area contributed by atoms with Crippen molar-refractivity contribution in [3.8, 4) is 5.75 Å². The summed E-state index contributed by atoms with van der Waals surface area (Å²) in [6.45, 7) is 4.29. The molecule has 2 aliphatic rings. The minimum Gasteiger partial charge on any atom is -0.493 e. The molecule has 1 aromatic rings. The van der Waals surface area contributed by atoms with E-state index in [1.54, 1.807) is 0 Å². The first kappa shape index (κ1) is 14.9. The highest BCUT2D eigenvalue weighted by atomic mass is 16.5. The minimum absolute atomic E-state index is 0.719. The zero-order valence-corrected chi connectivity index (χ0v) is 13.4. The van der Waals surface area contributed by atoms with Crippen LogP contribution in [0.15, 0.2) is 18.2 Å². The number of benzene rings is 1. The molecule has 1 aromatic carbocycles. The maximum Gasteiger partial charge on any atom is 0.122 e. The van der Waals surface area contributed by atoms with E-state index in [1.807, 2.05) is 0 Å². The van der Waals surface area contributed by atoms with E-state index in [9.17, 15) is 0 Å². The molecule has 2 heteroatoms. The van der Waals surface area contributed by atoms with E-state index in [0.29, 0.717) is 0 Å². The summed E-state index contributed by atoms with van der Waals surface area (Å²) in [5.41, 5.74) is 2.90. The molecule has 1 saturated carbocycles. The SMILES string of the molecule is CCCNC(CCc1ccc2c(c1)CCO2)C1CCCC1. The van der Waals surface area contributed by atoms with Crippen molar-refractivity contribution in [2.24, 2.45) is 5.92 Å². The smallest absolute Gasteiger partial charge is 0.122 e. The van der Waals surface area contributed by atoms with Gasteiger partial charge in [0.1, 0.15) is 5.75 Å². The predicted molar refractivity (Wildman–Crippen MR) is 88.0 cm³/mol. The van der Waals surface area contributed by atoms with E-state index in [4.69, 9.17) is 4.74 Å². The first-order valence-corrected chi connectivity index (χ1v) is 8.85. The Hall–Kier alpha value is -1.02. The summed E-state index contributed by atoms with van der Waals surface area (Å²) < 4.78 is 5.60. The molecule has 2 nitrogen and oxygen atoms in total. The van der Waals surface area contributed by atoms with Gasteiger partial charge in [0.25, 0.3) is 0 Å². The van der Waals surface area contributed by atoms with E-state index in [1.165, 1.54) is 62.6 Å². The molecule has 1 N–H and O–H groups in total. The van der Waals surface area contributed by atoms with Crippen LogP contribution in [0.3, 0.4) is 0 Å². The van der Waals surface area contributed by atoms with E-state index in [0.717, 1.165) is 30.7 Å². The normalized spacial score (nSPS) is 19.5. The van der Waals surface area contributed by atoms with Gasteiger partial charge < -0.3 is 10.1 Å². The van der Waals surface area contributed by atoms with Crippen LogP contribution in [-0.2, 0) is 12.8 Å². The molecule has 0 spiro atoms. The highest BCUT2D eigenvalue weighted by molar-refractivity contribution is 5.39. The molecular weight excluding hydrogens is 258 g/mol. The number of ether oxygens (including phenoxy) is 1. The molecule has 0 bridgehead atoms. The maximum atomic E-state index is 5.60. The average Bonchev–Trinajstić information content (AvgIpc) is 3.18. The lowest BCUT2D eigenvalue weighted by molar-refractivity contribution is 0.341. The molecule has 1 unspecified atom stereocenters. The number of rotatable bonds is 7. The van der Waals surface area contributed by atoms with Gasteiger partial charge in [0, 0.05) is 12.5 Å². The summed E-state index contributed by atoms with van der Waals surface area (Å²) in [5.74, 6) is 2.02. The second kappa shape index (κ2) is 7.31. The Morgan fingerprint density at radius 1 is 1.29 bits per heavy atom. The highest BCUT2D eigenvalue weighted by Gasteiger charge is 2.24. The van der Waals surface area contributed by atoms with Gasteiger partial charge in [-0.3, -0.25) is 0 Å². The third-order valence-electron chi connectivity index (χ3n) is 5.12. The lowest BCUT2D eigenvalue weighted by Gasteiger charge is -2.25. The predicted octanol–water partition coefficient (Wildman–Crippen LogP) is 4.11. The number of hydrogen-bond donors (Lipinski definition) is 1. The van der Waals surface area contributed by atoms with Crippen molar-refractivity contribution in [1.82, 2.24) is 5.32 Å². The summed E-state index contributed by atoms with van der Waals surface area (Å²) in [6.07, 6.45) is 10.5. The molecule has 0 aromatic heterocycles. The van der Waals surface area contributed by atoms with Crippen LogP contribution in [0.1, 0.15) is 56.6 Å². The maximum absolute atomic E-state index is 5.60. The van der Waals surface area contributed by atoms with Gasteiger partial charge in [-0.05, 0) is 61.8 Å². The van der Waals surface area contributed by atoms with Crippen molar-refractivity contribution in [2.75, 3.05) is 13.2 Å². The van der Waals surface area contributed by atoms with Crippen LogP contribution in [0.4, 0.5) is 0 Å². The van der Waals surface area contributed by atoms with Crippen molar-refractivity contribution in [3.05, 3.63) is 29.3 Å². The molecule has 3 rings (SSSR count). The molecule has 0 amide bonds. The van der Waals surface area contributed by atoms with E-state index < -0.39 is 0 Å². The first-order valence-electron chi connectivity index (χ1n) is 8.85. The minimum atomic E-state index is 0.719. The molecule has 1 atom stereocenters. The third-order valence-corrected chi connectivity index (χ3v) is 5.12. The second-order valence-corrected chi connectivity index (χ2v) is 6.68. The Morgan fingerprint density at radius 3 is 2.95 bits per heavy atom. The number of nitrogens with one attached hydrogen (secondary N) is 1. The van der Waals surface area contributed by atoms with Crippen LogP contribution in [-0.4, -0.2) is 19.2 Å². The Balaban J connectivity index is 1.57. The molecule has 1 aliphatic carbocycles. The third kappa shape index (κ3) is 3.79. The van der Waals surface area contributed by atoms with Gasteiger partial charge in [-0.25, -0.2) is 0 Å². The average molecular weight is 287 g/mol. The summed E-state index contributed by atoms with van der Waals surface area (Å²) >= 11 is 0. The highest BCUT2D eigenvalue weighted by Crippen LogP contribution is 2.31. The van der Waals surface area contributed by atoms with Crippen molar-refractivity contribution >= 4 is 0 Å². The molecule has 116 valence electrons. The van der Waals surface area contributed by atoms with Gasteiger partial charge in [-0.2, -0.15) is 0 Å². The van der Waals surface area contributed by atoms with Crippen molar-refractivity contribution in [3.63, 3.8) is 0 Å². The van der Waals surface area contributed by atoms with Gasteiger partial charge in [0.15, 0.2) is 0 Å². The zero-order chi connectivity index (χ0) is 14.5. The van der Waals surface area contributed by atoms with Crippen LogP contribution in [0.2, 0.25) is 0 Å². The molecule has 0 saturated heterocycles. The molecular formula is C19H29NO. The quantitative estimate of drug-likeness (QED) is 0.815. The molecule has 21 heavy (non-hydrogen) atoms. The Kier molecular flexibility index (Phi) is 5.18. The summed E-state index contributed by atoms with van der Waals surface area (Å²) in [5, 5.41) is 3.81. The van der Waals surface area contributed by atoms with Crippen molar-refractivity contribution in [2.45, 2.75) is 64.3 Å². The van der Waals surface area contributed by atoms with Gasteiger partial charge >= 0.3 is 0 Å². The fourth-order valence-electron chi connectivity index (χ4n) is 3.91. The molecule has 1 fully saturated rings. The lowest BCUT2D eigenvalue weighted by Crippen LogP contribution is -2.36. The Labute approximate surface area is 129 Å². The Bertz CT molecular complexity index is 451. The lowest BCUT2D eigenvalue weighted by atomic mass is 9.92. The second-order valence-electron chi connectivity index (χ2n) is 6.68. The molecule has 1 aliphatic heterocycles. The van der Waals surface area contributed by atoms with Gasteiger partial charge in [-0.1, -0.05) is 31.9 Å². The fourth-order valence-corrected chi connectivity index (χ4v) is 3.91. The fraction of sp³-hybridized carbons (Fsp3) is 0.684. The largest absolute Gasteiger partial charge is 0.493 e. The van der Waals surface area contributed by atoms with E-state index in [-0.39, 0.29) is 0 Å². The Morgan fingerprint density at radius 2 is 2.14 bits per heavy atom. The standard InChI is InChI=1S/C19H29NO/c1-2-12-20-18(16-5-3-4-6-16)9-7-15-8-10-19-17(14-15)11-13-21-19/h8,10,14,16,18,20H,2-7,9,11-13H2,1H3. The van der Waals surface area contributed by atoms with E-state index in [2.05, 4.69) is 30.4 Å². The van der Waals surface area contributed by atoms with Gasteiger partial charge in [-0.15, -0.1) is 0 Å². The van der Waals surface area contributed by atoms with Crippen LogP contribution in [0.5, 0.6) is 5.75 Å². The zero-order valence-electron chi connectivity index (χ0n) is 13.4.